The van der Waals surface area contributed by atoms with Gasteiger partial charge in [0.1, 0.15) is 5.82 Å². The van der Waals surface area contributed by atoms with Crippen molar-refractivity contribution in [2.45, 2.75) is 26.1 Å². The number of halogens is 1. The third-order valence-corrected chi connectivity index (χ3v) is 4.33. The zero-order chi connectivity index (χ0) is 15.4. The highest BCUT2D eigenvalue weighted by Gasteiger charge is 2.21. The Morgan fingerprint density at radius 1 is 1.18 bits per heavy atom. The number of hydrogen-bond acceptors (Lipinski definition) is 2. The van der Waals surface area contributed by atoms with E-state index < -0.39 is 0 Å². The lowest BCUT2D eigenvalue weighted by molar-refractivity contribution is 0.151. The molecule has 1 aliphatic heterocycles. The van der Waals surface area contributed by atoms with Crippen LogP contribution in [0.4, 0.5) is 4.39 Å². The van der Waals surface area contributed by atoms with E-state index in [9.17, 15) is 4.39 Å². The molecule has 2 aromatic rings. The molecule has 22 heavy (non-hydrogen) atoms. The quantitative estimate of drug-likeness (QED) is 0.843. The molecule has 0 saturated carbocycles. The second-order valence-electron chi connectivity index (χ2n) is 6.10. The summed E-state index contributed by atoms with van der Waals surface area (Å²) in [6.45, 7) is 4.68. The molecule has 1 aromatic carbocycles. The van der Waals surface area contributed by atoms with Crippen molar-refractivity contribution in [2.75, 3.05) is 20.3 Å². The maximum Gasteiger partial charge on any atom is 0.123 e. The van der Waals surface area contributed by atoms with Crippen LogP contribution in [0.1, 0.15) is 17.7 Å². The number of nitrogens with zero attached hydrogens (tertiary/aromatic N) is 2. The Labute approximate surface area is 131 Å². The summed E-state index contributed by atoms with van der Waals surface area (Å²) in [5.74, 6) is 0.403. The van der Waals surface area contributed by atoms with E-state index in [1.165, 1.54) is 17.8 Å². The molecule has 2 heterocycles. The highest BCUT2D eigenvalue weighted by molar-refractivity contribution is 5.16. The molecule has 0 spiro atoms. The minimum atomic E-state index is -0.175. The maximum absolute atomic E-state index is 13.1. The van der Waals surface area contributed by atoms with Gasteiger partial charge in [-0.3, -0.25) is 4.90 Å². The Morgan fingerprint density at radius 3 is 2.77 bits per heavy atom. The highest BCUT2D eigenvalue weighted by Crippen LogP contribution is 2.21. The normalized spacial score (nSPS) is 18.9. The number of benzene rings is 1. The van der Waals surface area contributed by atoms with Crippen LogP contribution in [0.5, 0.6) is 0 Å². The molecule has 3 nitrogen and oxygen atoms in total. The van der Waals surface area contributed by atoms with E-state index in [1.54, 1.807) is 7.11 Å². The molecular formula is C18H23FN2O. The predicted octanol–water partition coefficient (Wildman–Crippen LogP) is 3.30. The second-order valence-corrected chi connectivity index (χ2v) is 6.10. The van der Waals surface area contributed by atoms with E-state index in [2.05, 4.69) is 27.8 Å². The molecule has 0 radical (unpaired) electrons. The van der Waals surface area contributed by atoms with E-state index in [4.69, 9.17) is 4.74 Å². The first-order valence-electron chi connectivity index (χ1n) is 7.84. The van der Waals surface area contributed by atoms with Gasteiger partial charge < -0.3 is 9.30 Å². The average molecular weight is 302 g/mol. The van der Waals surface area contributed by atoms with E-state index in [1.807, 2.05) is 12.1 Å². The lowest BCUT2D eigenvalue weighted by atomic mass is 10.1. The van der Waals surface area contributed by atoms with Gasteiger partial charge in [0, 0.05) is 51.8 Å². The Balaban J connectivity index is 1.73. The summed E-state index contributed by atoms with van der Waals surface area (Å²) in [7, 11) is 1.76. The number of fused-ring (bicyclic) bond motifs is 1. The van der Waals surface area contributed by atoms with Crippen molar-refractivity contribution in [1.82, 2.24) is 9.47 Å². The summed E-state index contributed by atoms with van der Waals surface area (Å²) < 4.78 is 20.7. The van der Waals surface area contributed by atoms with Crippen molar-refractivity contribution in [3.63, 3.8) is 0 Å². The zero-order valence-corrected chi connectivity index (χ0v) is 13.0. The van der Waals surface area contributed by atoms with Gasteiger partial charge in [0.05, 0.1) is 0 Å². The summed E-state index contributed by atoms with van der Waals surface area (Å²) >= 11 is 0. The Bertz CT molecular complexity index is 593. The fraction of sp³-hybridized carbons (Fsp3) is 0.444. The van der Waals surface area contributed by atoms with Gasteiger partial charge in [0.25, 0.3) is 0 Å². The number of rotatable bonds is 5. The Kier molecular flexibility index (Phi) is 4.90. The third kappa shape index (κ3) is 3.76. The predicted molar refractivity (Wildman–Crippen MR) is 84.9 cm³/mol. The minimum Gasteiger partial charge on any atom is -0.385 e. The van der Waals surface area contributed by atoms with Gasteiger partial charge in [-0.05, 0) is 42.2 Å². The molecule has 1 aromatic heterocycles. The Morgan fingerprint density at radius 2 is 2.00 bits per heavy atom. The minimum absolute atomic E-state index is 0.175. The number of methoxy groups -OCH3 is 1. The van der Waals surface area contributed by atoms with Gasteiger partial charge in [-0.15, -0.1) is 0 Å². The number of hydrogen-bond donors (Lipinski definition) is 0. The summed E-state index contributed by atoms with van der Waals surface area (Å²) in [4.78, 5) is 2.45. The summed E-state index contributed by atoms with van der Waals surface area (Å²) in [6.07, 6.45) is 3.23. The maximum atomic E-state index is 13.1. The molecule has 1 aliphatic rings. The van der Waals surface area contributed by atoms with Gasteiger partial charge >= 0.3 is 0 Å². The molecule has 0 fully saturated rings. The average Bonchev–Trinajstić information content (AvgIpc) is 2.87. The molecule has 0 aliphatic carbocycles. The van der Waals surface area contributed by atoms with Crippen LogP contribution in [0.15, 0.2) is 42.6 Å². The largest absolute Gasteiger partial charge is 0.385 e. The molecule has 4 heteroatoms. The van der Waals surface area contributed by atoms with Crippen LogP contribution in [-0.2, 0) is 24.4 Å². The standard InChI is InChI=1S/C18H23FN2O/c1-22-10-8-16-12-20(11-15-4-6-17(19)7-5-15)14-18-3-2-9-21(18)13-16/h2-7,9,16H,8,10-14H2,1H3. The zero-order valence-electron chi connectivity index (χ0n) is 13.0. The molecule has 1 atom stereocenters. The molecule has 0 saturated heterocycles. The molecule has 3 rings (SSSR count). The SMILES string of the molecule is COCCC1CN(Cc2ccc(F)cc2)Cc2cccn2C1. The van der Waals surface area contributed by atoms with Gasteiger partial charge in [-0.25, -0.2) is 4.39 Å². The summed E-state index contributed by atoms with van der Waals surface area (Å²) in [5, 5.41) is 0. The van der Waals surface area contributed by atoms with Gasteiger partial charge in [0.2, 0.25) is 0 Å². The molecule has 1 unspecified atom stereocenters. The van der Waals surface area contributed by atoms with Crippen molar-refractivity contribution in [3.8, 4) is 0 Å². The first kappa shape index (κ1) is 15.3. The fourth-order valence-corrected chi connectivity index (χ4v) is 3.20. The van der Waals surface area contributed by atoms with E-state index in [0.717, 1.165) is 44.8 Å². The van der Waals surface area contributed by atoms with Crippen LogP contribution in [-0.4, -0.2) is 29.7 Å². The van der Waals surface area contributed by atoms with Crippen molar-refractivity contribution in [2.24, 2.45) is 5.92 Å². The van der Waals surface area contributed by atoms with Crippen molar-refractivity contribution in [1.29, 1.82) is 0 Å². The molecule has 0 bridgehead atoms. The van der Waals surface area contributed by atoms with Crippen LogP contribution >= 0.6 is 0 Å². The highest BCUT2D eigenvalue weighted by atomic mass is 19.1. The first-order chi connectivity index (χ1) is 10.7. The smallest absolute Gasteiger partial charge is 0.123 e. The Hall–Kier alpha value is -1.65. The molecule has 118 valence electrons. The number of ether oxygens (including phenoxy) is 1. The lowest BCUT2D eigenvalue weighted by Crippen LogP contribution is -2.28. The molecule has 0 N–H and O–H groups in total. The van der Waals surface area contributed by atoms with E-state index >= 15 is 0 Å². The van der Waals surface area contributed by atoms with Gasteiger partial charge in [-0.1, -0.05) is 12.1 Å². The van der Waals surface area contributed by atoms with Crippen LogP contribution in [0.25, 0.3) is 0 Å². The van der Waals surface area contributed by atoms with Crippen molar-refractivity contribution < 1.29 is 9.13 Å². The van der Waals surface area contributed by atoms with Crippen molar-refractivity contribution >= 4 is 0 Å². The lowest BCUT2D eigenvalue weighted by Gasteiger charge is -2.24. The second kappa shape index (κ2) is 7.07. The van der Waals surface area contributed by atoms with Crippen LogP contribution in [0.2, 0.25) is 0 Å². The summed E-state index contributed by atoms with van der Waals surface area (Å²) in [5.41, 5.74) is 2.51. The topological polar surface area (TPSA) is 17.4 Å². The number of aromatic nitrogens is 1. The molecule has 0 amide bonds. The van der Waals surface area contributed by atoms with Crippen LogP contribution < -0.4 is 0 Å². The van der Waals surface area contributed by atoms with Gasteiger partial charge in [-0.2, -0.15) is 0 Å². The summed E-state index contributed by atoms with van der Waals surface area (Å²) in [6, 6.07) is 11.1. The van der Waals surface area contributed by atoms with Crippen LogP contribution in [0.3, 0.4) is 0 Å². The van der Waals surface area contributed by atoms with E-state index in [0.29, 0.717) is 5.92 Å². The fourth-order valence-electron chi connectivity index (χ4n) is 3.20. The van der Waals surface area contributed by atoms with Gasteiger partial charge in [0.15, 0.2) is 0 Å². The van der Waals surface area contributed by atoms with Crippen LogP contribution in [0, 0.1) is 11.7 Å². The van der Waals surface area contributed by atoms with E-state index in [-0.39, 0.29) is 5.82 Å². The molecular weight excluding hydrogens is 279 g/mol. The monoisotopic (exact) mass is 302 g/mol. The van der Waals surface area contributed by atoms with Crippen molar-refractivity contribution in [3.05, 3.63) is 59.7 Å². The first-order valence-corrected chi connectivity index (χ1v) is 7.84. The third-order valence-electron chi connectivity index (χ3n) is 4.33.